The van der Waals surface area contributed by atoms with Gasteiger partial charge in [0.15, 0.2) is 0 Å². The molecule has 378 valence electrons. The highest BCUT2D eigenvalue weighted by Crippen LogP contribution is 2.58. The Bertz CT molecular complexity index is 4840. The highest BCUT2D eigenvalue weighted by atomic mass is 15.1. The molecule has 2 heteroatoms. The van der Waals surface area contributed by atoms with Gasteiger partial charge in [-0.25, -0.2) is 0 Å². The zero-order chi connectivity index (χ0) is 53.4. The Morgan fingerprint density at radius 1 is 0.300 bits per heavy atom. The molecule has 0 bridgehead atoms. The molecule has 0 atom stereocenters. The lowest BCUT2D eigenvalue weighted by Crippen LogP contribution is -2.18. The maximum atomic E-state index is 2.64. The van der Waals surface area contributed by atoms with Crippen LogP contribution in [0.3, 0.4) is 0 Å². The Hall–Kier alpha value is -9.76. The van der Waals surface area contributed by atoms with Crippen molar-refractivity contribution in [3.63, 3.8) is 0 Å². The Kier molecular flexibility index (Phi) is 10.1. The summed E-state index contributed by atoms with van der Waals surface area (Å²) in [6, 6.07) is 100. The zero-order valence-electron chi connectivity index (χ0n) is 45.3. The molecule has 16 rings (SSSR count). The molecule has 0 fully saturated rings. The summed E-state index contributed by atoms with van der Waals surface area (Å²) in [5.74, 6) is 0. The highest BCUT2D eigenvalue weighted by Gasteiger charge is 2.40. The molecule has 13 aromatic carbocycles. The molecule has 0 saturated heterocycles. The Labute approximate surface area is 467 Å². The SMILES string of the molecule is CC1(C)c2ccccc2-c2ccc(N(c3cccc4c3-c3ccccc3C4(C)C)c3ccc4c5ccccc5c5ccccc5c4c3-c3cccc4c5ccccc5n(-c5ccc(-c6cccc(-c7ccccc7)c6)cc5)c34)cc21. The van der Waals surface area contributed by atoms with Crippen LogP contribution in [0.5, 0.6) is 0 Å². The second-order valence-electron chi connectivity index (χ2n) is 23.1. The third kappa shape index (κ3) is 6.66. The van der Waals surface area contributed by atoms with Crippen molar-refractivity contribution in [3.05, 3.63) is 289 Å². The van der Waals surface area contributed by atoms with Crippen LogP contribution >= 0.6 is 0 Å². The normalized spacial score (nSPS) is 13.7. The monoisotopic (exact) mass is 1020 g/mol. The maximum Gasteiger partial charge on any atom is 0.0620 e. The summed E-state index contributed by atoms with van der Waals surface area (Å²) in [7, 11) is 0. The van der Waals surface area contributed by atoms with Gasteiger partial charge in [0.2, 0.25) is 0 Å². The van der Waals surface area contributed by atoms with E-state index >= 15 is 0 Å². The van der Waals surface area contributed by atoms with Gasteiger partial charge in [0, 0.05) is 55.1 Å². The minimum Gasteiger partial charge on any atom is -0.309 e. The first kappa shape index (κ1) is 46.3. The summed E-state index contributed by atoms with van der Waals surface area (Å²) in [5, 5.41) is 9.88. The first-order chi connectivity index (χ1) is 39.2. The van der Waals surface area contributed by atoms with Gasteiger partial charge in [0.1, 0.15) is 0 Å². The third-order valence-corrected chi connectivity index (χ3v) is 18.2. The van der Waals surface area contributed by atoms with Crippen molar-refractivity contribution in [1.82, 2.24) is 4.57 Å². The molecule has 1 heterocycles. The number of fused-ring (bicyclic) bond motifs is 15. The summed E-state index contributed by atoms with van der Waals surface area (Å²) in [6.07, 6.45) is 0. The minimum atomic E-state index is -0.213. The molecule has 0 unspecified atom stereocenters. The van der Waals surface area contributed by atoms with E-state index in [9.17, 15) is 0 Å². The summed E-state index contributed by atoms with van der Waals surface area (Å²) >= 11 is 0. The quantitative estimate of drug-likeness (QED) is 0.144. The molecule has 0 saturated carbocycles. The second-order valence-corrected chi connectivity index (χ2v) is 23.1. The van der Waals surface area contributed by atoms with Gasteiger partial charge in [0.25, 0.3) is 0 Å². The van der Waals surface area contributed by atoms with Gasteiger partial charge in [-0.3, -0.25) is 0 Å². The topological polar surface area (TPSA) is 8.17 Å². The average molecular weight is 1020 g/mol. The van der Waals surface area contributed by atoms with Crippen molar-refractivity contribution in [3.8, 4) is 61.3 Å². The van der Waals surface area contributed by atoms with Crippen molar-refractivity contribution in [2.75, 3.05) is 4.90 Å². The molecule has 1 aromatic heterocycles. The van der Waals surface area contributed by atoms with Crippen LogP contribution in [0.25, 0.3) is 115 Å². The van der Waals surface area contributed by atoms with E-state index in [0.717, 1.165) is 17.1 Å². The molecule has 2 aliphatic carbocycles. The fraction of sp³-hybridized carbons (Fsp3) is 0.0769. The molecule has 0 amide bonds. The van der Waals surface area contributed by atoms with Crippen molar-refractivity contribution >= 4 is 71.2 Å². The number of hydrogen-bond acceptors (Lipinski definition) is 1. The van der Waals surface area contributed by atoms with Crippen LogP contribution in [0, 0.1) is 0 Å². The van der Waals surface area contributed by atoms with E-state index in [0.29, 0.717) is 0 Å². The predicted octanol–water partition coefficient (Wildman–Crippen LogP) is 21.3. The number of hydrogen-bond donors (Lipinski definition) is 0. The fourth-order valence-corrected chi connectivity index (χ4v) is 14.4. The Balaban J connectivity index is 1.03. The summed E-state index contributed by atoms with van der Waals surface area (Å²) < 4.78 is 2.54. The lowest BCUT2D eigenvalue weighted by molar-refractivity contribution is 0.660. The van der Waals surface area contributed by atoms with Gasteiger partial charge in [-0.05, 0) is 137 Å². The van der Waals surface area contributed by atoms with Crippen LogP contribution in [0.15, 0.2) is 267 Å². The molecule has 2 aliphatic rings. The van der Waals surface area contributed by atoms with E-state index in [1.807, 2.05) is 0 Å². The number of anilines is 3. The van der Waals surface area contributed by atoms with Crippen LogP contribution < -0.4 is 4.90 Å². The van der Waals surface area contributed by atoms with Gasteiger partial charge in [0.05, 0.1) is 22.4 Å². The molecule has 14 aromatic rings. The van der Waals surface area contributed by atoms with Gasteiger partial charge in [-0.15, -0.1) is 0 Å². The Morgan fingerprint density at radius 2 is 0.800 bits per heavy atom. The molecule has 0 radical (unpaired) electrons. The minimum absolute atomic E-state index is 0.205. The molecular weight excluding hydrogens is 965 g/mol. The number of aromatic nitrogens is 1. The number of nitrogens with zero attached hydrogens (tertiary/aromatic N) is 2. The second kappa shape index (κ2) is 17.4. The van der Waals surface area contributed by atoms with Gasteiger partial charge >= 0.3 is 0 Å². The lowest BCUT2D eigenvalue weighted by atomic mass is 9.82. The Morgan fingerprint density at radius 3 is 1.55 bits per heavy atom. The van der Waals surface area contributed by atoms with Crippen molar-refractivity contribution in [2.24, 2.45) is 0 Å². The van der Waals surface area contributed by atoms with E-state index in [4.69, 9.17) is 0 Å². The lowest BCUT2D eigenvalue weighted by Gasteiger charge is -2.33. The van der Waals surface area contributed by atoms with E-state index in [-0.39, 0.29) is 10.8 Å². The van der Waals surface area contributed by atoms with Crippen LogP contribution in [0.1, 0.15) is 49.9 Å². The van der Waals surface area contributed by atoms with E-state index in [2.05, 4.69) is 304 Å². The molecule has 0 spiro atoms. The predicted molar refractivity (Wildman–Crippen MR) is 339 cm³/mol. The maximum absolute atomic E-state index is 2.64. The van der Waals surface area contributed by atoms with E-state index in [1.54, 1.807) is 0 Å². The smallest absolute Gasteiger partial charge is 0.0620 e. The average Bonchev–Trinajstić information content (AvgIpc) is 4.16. The van der Waals surface area contributed by atoms with Gasteiger partial charge in [-0.1, -0.05) is 246 Å². The van der Waals surface area contributed by atoms with E-state index in [1.165, 1.54) is 138 Å². The van der Waals surface area contributed by atoms with Gasteiger partial charge < -0.3 is 9.47 Å². The number of benzene rings is 13. The summed E-state index contributed by atoms with van der Waals surface area (Å²) in [6.45, 7) is 9.59. The zero-order valence-corrected chi connectivity index (χ0v) is 45.3. The van der Waals surface area contributed by atoms with Crippen molar-refractivity contribution < 1.29 is 0 Å². The van der Waals surface area contributed by atoms with Crippen LogP contribution in [0.4, 0.5) is 17.1 Å². The van der Waals surface area contributed by atoms with Crippen LogP contribution in [-0.4, -0.2) is 4.57 Å². The van der Waals surface area contributed by atoms with Crippen LogP contribution in [-0.2, 0) is 10.8 Å². The molecular formula is C78H56N2. The highest BCUT2D eigenvalue weighted by molar-refractivity contribution is 6.31. The van der Waals surface area contributed by atoms with Crippen LogP contribution in [0.2, 0.25) is 0 Å². The van der Waals surface area contributed by atoms with Gasteiger partial charge in [-0.2, -0.15) is 0 Å². The first-order valence-electron chi connectivity index (χ1n) is 28.2. The summed E-state index contributed by atoms with van der Waals surface area (Å²) in [4.78, 5) is 2.64. The molecule has 80 heavy (non-hydrogen) atoms. The largest absolute Gasteiger partial charge is 0.309 e. The van der Waals surface area contributed by atoms with Crippen molar-refractivity contribution in [2.45, 2.75) is 38.5 Å². The molecule has 0 aliphatic heterocycles. The number of para-hydroxylation sites is 2. The standard InChI is InChI=1S/C78H56N2/c1-77(2)67-35-16-13-31-64(67)74-68(77)36-20-38-71(74)79(54-43-44-59-58-28-12-15-34-66(58)78(3,4)69(59)48-54)72-46-45-62-57-27-9-8-25-55(57)56-26-10-11-30-61(56)73(62)75(72)65-33-19-32-63-60-29-14-17-37-70(60)80(76(63)65)53-41-39-50(40-42-53)52-24-18-23-51(47-52)49-21-6-5-7-22-49/h5-48H,1-4H3. The fourth-order valence-electron chi connectivity index (χ4n) is 14.4. The first-order valence-corrected chi connectivity index (χ1v) is 28.2. The third-order valence-electron chi connectivity index (χ3n) is 18.2. The molecule has 2 nitrogen and oxygen atoms in total. The number of rotatable bonds is 7. The van der Waals surface area contributed by atoms with Crippen molar-refractivity contribution in [1.29, 1.82) is 0 Å². The van der Waals surface area contributed by atoms with E-state index < -0.39 is 0 Å². The molecule has 0 N–H and O–H groups in total. The summed E-state index contributed by atoms with van der Waals surface area (Å²) in [5.41, 5.74) is 24.2.